The Labute approximate surface area is 142 Å². The van der Waals surface area contributed by atoms with Crippen molar-refractivity contribution in [3.8, 4) is 0 Å². The van der Waals surface area contributed by atoms with E-state index in [0.29, 0.717) is 28.7 Å². The molecule has 0 aliphatic rings. The van der Waals surface area contributed by atoms with Gasteiger partial charge in [0.2, 0.25) is 0 Å². The van der Waals surface area contributed by atoms with E-state index in [-0.39, 0.29) is 11.7 Å². The van der Waals surface area contributed by atoms with Gasteiger partial charge in [-0.05, 0) is 5.56 Å². The van der Waals surface area contributed by atoms with Crippen LogP contribution in [0.1, 0.15) is 18.9 Å². The van der Waals surface area contributed by atoms with Gasteiger partial charge in [0.25, 0.3) is 0 Å². The molecule has 1 aromatic carbocycles. The third kappa shape index (κ3) is 3.65. The highest BCUT2D eigenvalue weighted by Crippen LogP contribution is 2.26. The average molecular weight is 343 g/mol. The zero-order valence-corrected chi connectivity index (χ0v) is 13.9. The van der Waals surface area contributed by atoms with Crippen LogP contribution in [-0.2, 0) is 11.3 Å². The number of hydrogen-bond donors (Lipinski definition) is 2. The summed E-state index contributed by atoms with van der Waals surface area (Å²) in [6.07, 6.45) is 1.73. The van der Waals surface area contributed by atoms with Gasteiger partial charge in [-0.15, -0.1) is 0 Å². The van der Waals surface area contributed by atoms with Crippen molar-refractivity contribution in [3.63, 3.8) is 0 Å². The van der Waals surface area contributed by atoms with Gasteiger partial charge in [-0.25, -0.2) is 15.0 Å². The van der Waals surface area contributed by atoms with Gasteiger partial charge in [-0.3, -0.25) is 4.79 Å². The number of aliphatic carboxylic acids is 1. The van der Waals surface area contributed by atoms with Crippen molar-refractivity contribution in [2.75, 3.05) is 5.73 Å². The van der Waals surface area contributed by atoms with Gasteiger partial charge in [-0.1, -0.05) is 49.0 Å². The summed E-state index contributed by atoms with van der Waals surface area (Å²) in [7, 11) is 0. The Morgan fingerprint density at radius 2 is 2.08 bits per heavy atom. The van der Waals surface area contributed by atoms with E-state index in [1.807, 2.05) is 41.8 Å². The molecule has 0 bridgehead atoms. The van der Waals surface area contributed by atoms with Crippen molar-refractivity contribution in [1.82, 2.24) is 19.5 Å². The van der Waals surface area contributed by atoms with Crippen LogP contribution < -0.4 is 5.73 Å². The van der Waals surface area contributed by atoms with Gasteiger partial charge in [-0.2, -0.15) is 0 Å². The van der Waals surface area contributed by atoms with E-state index in [0.717, 1.165) is 5.56 Å². The molecule has 3 N–H and O–H groups in total. The van der Waals surface area contributed by atoms with Crippen LogP contribution in [0, 0.1) is 0 Å². The summed E-state index contributed by atoms with van der Waals surface area (Å²) >= 11 is 1.30. The summed E-state index contributed by atoms with van der Waals surface area (Å²) < 4.78 is 1.91. The first kappa shape index (κ1) is 16.3. The summed E-state index contributed by atoms with van der Waals surface area (Å²) in [5, 5.41) is 9.18. The highest BCUT2D eigenvalue weighted by atomic mass is 32.2. The molecule has 0 saturated heterocycles. The van der Waals surface area contributed by atoms with Crippen LogP contribution in [-0.4, -0.2) is 35.8 Å². The van der Waals surface area contributed by atoms with Crippen LogP contribution in [0.25, 0.3) is 11.2 Å². The lowest BCUT2D eigenvalue weighted by molar-refractivity contribution is -0.136. The van der Waals surface area contributed by atoms with Gasteiger partial charge >= 0.3 is 5.97 Å². The molecule has 0 spiro atoms. The minimum atomic E-state index is -0.849. The molecular formula is C16H17N5O2S. The van der Waals surface area contributed by atoms with E-state index in [1.54, 1.807) is 6.33 Å². The number of fused-ring (bicyclic) bond motifs is 1. The zero-order chi connectivity index (χ0) is 17.1. The Balaban J connectivity index is 1.90. The number of carbonyl (C=O) groups is 1. The summed E-state index contributed by atoms with van der Waals surface area (Å²) in [6, 6.07) is 9.98. The minimum Gasteiger partial charge on any atom is -0.481 e. The molecule has 2 heterocycles. The molecular weight excluding hydrogens is 326 g/mol. The van der Waals surface area contributed by atoms with E-state index in [2.05, 4.69) is 15.0 Å². The van der Waals surface area contributed by atoms with Gasteiger partial charge in [0, 0.05) is 5.25 Å². The molecule has 0 aliphatic heterocycles. The standard InChI is InChI=1S/C16H17N5O2S/c1-10(7-12(22)23)24-16-19-14(17)13-15(20-16)21(9-18-13)8-11-5-3-2-4-6-11/h2-6,9-10H,7-8H2,1H3,(H,22,23)(H2,17,19,20). The molecule has 0 radical (unpaired) electrons. The van der Waals surface area contributed by atoms with E-state index in [4.69, 9.17) is 10.8 Å². The van der Waals surface area contributed by atoms with Gasteiger partial charge in [0.05, 0.1) is 19.3 Å². The molecule has 3 rings (SSSR count). The molecule has 1 unspecified atom stereocenters. The predicted molar refractivity (Wildman–Crippen MR) is 92.9 cm³/mol. The summed E-state index contributed by atoms with van der Waals surface area (Å²) in [5.41, 5.74) is 8.32. The molecule has 3 aromatic rings. The molecule has 0 aliphatic carbocycles. The quantitative estimate of drug-likeness (QED) is 0.523. The molecule has 0 saturated carbocycles. The number of thioether (sulfide) groups is 1. The fraction of sp³-hybridized carbons (Fsp3) is 0.250. The van der Waals surface area contributed by atoms with Gasteiger partial charge in [0.15, 0.2) is 16.6 Å². The zero-order valence-electron chi connectivity index (χ0n) is 13.1. The lowest BCUT2D eigenvalue weighted by atomic mass is 10.2. The molecule has 0 fully saturated rings. The summed E-state index contributed by atoms with van der Waals surface area (Å²) in [6.45, 7) is 2.45. The maximum atomic E-state index is 10.8. The van der Waals surface area contributed by atoms with Crippen molar-refractivity contribution in [3.05, 3.63) is 42.2 Å². The van der Waals surface area contributed by atoms with Crippen LogP contribution in [0.15, 0.2) is 41.8 Å². The number of benzene rings is 1. The van der Waals surface area contributed by atoms with E-state index in [9.17, 15) is 4.79 Å². The molecule has 2 aromatic heterocycles. The van der Waals surface area contributed by atoms with Crippen molar-refractivity contribution < 1.29 is 9.90 Å². The average Bonchev–Trinajstić information content (AvgIpc) is 2.91. The van der Waals surface area contributed by atoms with E-state index < -0.39 is 5.97 Å². The van der Waals surface area contributed by atoms with Crippen LogP contribution in [0.2, 0.25) is 0 Å². The highest BCUT2D eigenvalue weighted by molar-refractivity contribution is 7.99. The Morgan fingerprint density at radius 3 is 2.79 bits per heavy atom. The maximum Gasteiger partial charge on any atom is 0.304 e. The fourth-order valence-corrected chi connectivity index (χ4v) is 3.24. The predicted octanol–water partition coefficient (Wildman–Crippen LogP) is 2.41. The number of carboxylic acid groups (broad SMARTS) is 1. The number of aromatic nitrogens is 4. The molecule has 8 heteroatoms. The number of imidazole rings is 1. The maximum absolute atomic E-state index is 10.8. The first-order valence-corrected chi connectivity index (χ1v) is 8.31. The largest absolute Gasteiger partial charge is 0.481 e. The molecule has 7 nitrogen and oxygen atoms in total. The van der Waals surface area contributed by atoms with Crippen LogP contribution in [0.5, 0.6) is 0 Å². The number of rotatable bonds is 6. The topological polar surface area (TPSA) is 107 Å². The fourth-order valence-electron chi connectivity index (χ4n) is 2.36. The van der Waals surface area contributed by atoms with Crippen LogP contribution in [0.4, 0.5) is 5.82 Å². The first-order chi connectivity index (χ1) is 11.5. The highest BCUT2D eigenvalue weighted by Gasteiger charge is 2.15. The second-order valence-electron chi connectivity index (χ2n) is 5.45. The normalized spacial score (nSPS) is 12.4. The molecule has 0 amide bonds. The third-order valence-corrected chi connectivity index (χ3v) is 4.40. The second kappa shape index (κ2) is 6.88. The van der Waals surface area contributed by atoms with E-state index in [1.165, 1.54) is 11.8 Å². The molecule has 124 valence electrons. The van der Waals surface area contributed by atoms with Crippen LogP contribution in [0.3, 0.4) is 0 Å². The van der Waals surface area contributed by atoms with Crippen molar-refractivity contribution in [2.24, 2.45) is 0 Å². The molecule has 24 heavy (non-hydrogen) atoms. The van der Waals surface area contributed by atoms with Crippen molar-refractivity contribution in [2.45, 2.75) is 30.3 Å². The van der Waals surface area contributed by atoms with Crippen LogP contribution >= 0.6 is 11.8 Å². The number of anilines is 1. The SMILES string of the molecule is CC(CC(=O)O)Sc1nc(N)c2ncn(Cc3ccccc3)c2n1. The Hall–Kier alpha value is -2.61. The number of hydrogen-bond acceptors (Lipinski definition) is 6. The number of nitrogens with two attached hydrogens (primary N) is 1. The Kier molecular flexibility index (Phi) is 4.66. The van der Waals surface area contributed by atoms with Gasteiger partial charge < -0.3 is 15.4 Å². The van der Waals surface area contributed by atoms with Crippen molar-refractivity contribution >= 4 is 34.7 Å². The summed E-state index contributed by atoms with van der Waals surface area (Å²) in [4.78, 5) is 23.8. The number of nitrogens with zero attached hydrogens (tertiary/aromatic N) is 4. The van der Waals surface area contributed by atoms with Gasteiger partial charge in [0.1, 0.15) is 5.52 Å². The summed E-state index contributed by atoms with van der Waals surface area (Å²) in [5.74, 6) is -0.546. The Bertz CT molecular complexity index is 866. The third-order valence-electron chi connectivity index (χ3n) is 3.43. The first-order valence-electron chi connectivity index (χ1n) is 7.43. The lowest BCUT2D eigenvalue weighted by Crippen LogP contribution is -2.08. The Morgan fingerprint density at radius 1 is 1.33 bits per heavy atom. The smallest absolute Gasteiger partial charge is 0.304 e. The van der Waals surface area contributed by atoms with Crippen molar-refractivity contribution in [1.29, 1.82) is 0 Å². The number of nitrogen functional groups attached to an aromatic ring is 1. The van der Waals surface area contributed by atoms with E-state index >= 15 is 0 Å². The second-order valence-corrected chi connectivity index (χ2v) is 6.85. The number of carboxylic acids is 1. The lowest BCUT2D eigenvalue weighted by Gasteiger charge is -2.09. The molecule has 1 atom stereocenters. The minimum absolute atomic E-state index is 0.0370. The monoisotopic (exact) mass is 343 g/mol.